The standard InChI is InChI=1S/C18H27N/c1-15-5-4-8-17(13-15)7-3-2-6-16-9-11-18(14-19)12-10-16/h4-5,8,13-14,16,18-19H,2-3,6-7,9-12H2,1H3. The minimum absolute atomic E-state index is 0.587. The van der Waals surface area contributed by atoms with Gasteiger partial charge < -0.3 is 5.41 Å². The van der Waals surface area contributed by atoms with E-state index in [9.17, 15) is 0 Å². The third-order valence-corrected chi connectivity index (χ3v) is 4.54. The summed E-state index contributed by atoms with van der Waals surface area (Å²) in [4.78, 5) is 0. The van der Waals surface area contributed by atoms with E-state index in [0.29, 0.717) is 5.92 Å². The van der Waals surface area contributed by atoms with Gasteiger partial charge in [-0.2, -0.15) is 0 Å². The van der Waals surface area contributed by atoms with Gasteiger partial charge in [0.25, 0.3) is 0 Å². The van der Waals surface area contributed by atoms with Gasteiger partial charge in [0.2, 0.25) is 0 Å². The molecule has 1 fully saturated rings. The molecule has 1 aliphatic rings. The van der Waals surface area contributed by atoms with Crippen LogP contribution in [0.4, 0.5) is 0 Å². The van der Waals surface area contributed by atoms with Gasteiger partial charge in [0.05, 0.1) is 0 Å². The van der Waals surface area contributed by atoms with Crippen molar-refractivity contribution in [3.63, 3.8) is 0 Å². The molecule has 104 valence electrons. The van der Waals surface area contributed by atoms with Crippen molar-refractivity contribution in [2.24, 2.45) is 11.8 Å². The van der Waals surface area contributed by atoms with Crippen molar-refractivity contribution in [1.29, 1.82) is 5.41 Å². The number of hydrogen-bond acceptors (Lipinski definition) is 1. The summed E-state index contributed by atoms with van der Waals surface area (Å²) in [5.41, 5.74) is 2.87. The summed E-state index contributed by atoms with van der Waals surface area (Å²) in [5.74, 6) is 1.53. The average Bonchev–Trinajstić information content (AvgIpc) is 2.44. The van der Waals surface area contributed by atoms with Crippen molar-refractivity contribution in [2.45, 2.75) is 58.3 Å². The molecule has 0 radical (unpaired) electrons. The average molecular weight is 257 g/mol. The minimum Gasteiger partial charge on any atom is -0.313 e. The zero-order valence-corrected chi connectivity index (χ0v) is 12.2. The van der Waals surface area contributed by atoms with Crippen molar-refractivity contribution >= 4 is 6.21 Å². The Morgan fingerprint density at radius 3 is 2.63 bits per heavy atom. The first-order valence-corrected chi connectivity index (χ1v) is 7.84. The Bertz CT molecular complexity index is 388. The molecule has 0 aliphatic heterocycles. The zero-order chi connectivity index (χ0) is 13.5. The van der Waals surface area contributed by atoms with Crippen LogP contribution in [0.3, 0.4) is 0 Å². The summed E-state index contributed by atoms with van der Waals surface area (Å²) in [6.45, 7) is 2.17. The van der Waals surface area contributed by atoms with E-state index in [-0.39, 0.29) is 0 Å². The second-order valence-electron chi connectivity index (χ2n) is 6.18. The van der Waals surface area contributed by atoms with E-state index in [1.54, 1.807) is 6.21 Å². The predicted octanol–water partition coefficient (Wildman–Crippen LogP) is 5.16. The van der Waals surface area contributed by atoms with Crippen LogP contribution in [0.25, 0.3) is 0 Å². The quantitative estimate of drug-likeness (QED) is 0.537. The van der Waals surface area contributed by atoms with Gasteiger partial charge in [-0.15, -0.1) is 0 Å². The number of nitrogens with one attached hydrogen (secondary N) is 1. The second-order valence-corrected chi connectivity index (χ2v) is 6.18. The molecule has 0 aromatic heterocycles. The van der Waals surface area contributed by atoms with E-state index in [1.807, 2.05) is 0 Å². The molecule has 1 N–H and O–H groups in total. The van der Waals surface area contributed by atoms with Crippen molar-refractivity contribution in [3.05, 3.63) is 35.4 Å². The van der Waals surface area contributed by atoms with Crippen LogP contribution in [-0.2, 0) is 6.42 Å². The highest BCUT2D eigenvalue weighted by molar-refractivity contribution is 5.56. The Morgan fingerprint density at radius 1 is 1.16 bits per heavy atom. The Morgan fingerprint density at radius 2 is 1.95 bits per heavy atom. The lowest BCUT2D eigenvalue weighted by Crippen LogP contribution is -2.15. The van der Waals surface area contributed by atoms with Crippen molar-refractivity contribution < 1.29 is 0 Å². The van der Waals surface area contributed by atoms with E-state index in [1.165, 1.54) is 62.5 Å². The fourth-order valence-corrected chi connectivity index (χ4v) is 3.27. The van der Waals surface area contributed by atoms with Gasteiger partial charge in [0.15, 0.2) is 0 Å². The molecule has 0 unspecified atom stereocenters. The third kappa shape index (κ3) is 4.81. The largest absolute Gasteiger partial charge is 0.313 e. The SMILES string of the molecule is Cc1cccc(CCCCC2CCC(C=N)CC2)c1. The summed E-state index contributed by atoms with van der Waals surface area (Å²) >= 11 is 0. The number of hydrogen-bond donors (Lipinski definition) is 1. The third-order valence-electron chi connectivity index (χ3n) is 4.54. The normalized spacial score (nSPS) is 23.2. The lowest BCUT2D eigenvalue weighted by Gasteiger charge is -2.25. The highest BCUT2D eigenvalue weighted by atomic mass is 14.4. The predicted molar refractivity (Wildman–Crippen MR) is 83.0 cm³/mol. The summed E-state index contributed by atoms with van der Waals surface area (Å²) in [6.07, 6.45) is 12.2. The molecule has 0 saturated heterocycles. The number of rotatable bonds is 6. The second kappa shape index (κ2) is 7.47. The molecule has 1 saturated carbocycles. The van der Waals surface area contributed by atoms with Crippen LogP contribution < -0.4 is 0 Å². The van der Waals surface area contributed by atoms with Crippen LogP contribution in [0.1, 0.15) is 56.1 Å². The molecule has 0 atom stereocenters. The lowest BCUT2D eigenvalue weighted by atomic mass is 9.80. The molecule has 0 spiro atoms. The molecule has 1 heteroatoms. The fourth-order valence-electron chi connectivity index (χ4n) is 3.27. The van der Waals surface area contributed by atoms with Crippen LogP contribution in [0.15, 0.2) is 24.3 Å². The number of unbranched alkanes of at least 4 members (excludes halogenated alkanes) is 1. The van der Waals surface area contributed by atoms with Crippen LogP contribution in [0.2, 0.25) is 0 Å². The first kappa shape index (κ1) is 14.3. The van der Waals surface area contributed by atoms with Gasteiger partial charge in [-0.3, -0.25) is 0 Å². The van der Waals surface area contributed by atoms with E-state index >= 15 is 0 Å². The molecule has 1 nitrogen and oxygen atoms in total. The van der Waals surface area contributed by atoms with Gasteiger partial charge >= 0.3 is 0 Å². The van der Waals surface area contributed by atoms with Crippen LogP contribution >= 0.6 is 0 Å². The van der Waals surface area contributed by atoms with Gasteiger partial charge in [0.1, 0.15) is 0 Å². The molecular formula is C18H27N. The molecule has 2 rings (SSSR count). The molecule has 19 heavy (non-hydrogen) atoms. The number of aryl methyl sites for hydroxylation is 2. The molecule has 1 aliphatic carbocycles. The Balaban J connectivity index is 1.61. The fraction of sp³-hybridized carbons (Fsp3) is 0.611. The van der Waals surface area contributed by atoms with Crippen LogP contribution in [0.5, 0.6) is 0 Å². The van der Waals surface area contributed by atoms with Gasteiger partial charge in [-0.05, 0) is 69.1 Å². The molecule has 1 aromatic rings. The first-order valence-electron chi connectivity index (χ1n) is 7.84. The van der Waals surface area contributed by atoms with Gasteiger partial charge in [-0.25, -0.2) is 0 Å². The number of benzene rings is 1. The Kier molecular flexibility index (Phi) is 5.62. The van der Waals surface area contributed by atoms with Crippen LogP contribution in [-0.4, -0.2) is 6.21 Å². The summed E-state index contributed by atoms with van der Waals surface area (Å²) in [5, 5.41) is 7.32. The Labute approximate surface area is 117 Å². The summed E-state index contributed by atoms with van der Waals surface area (Å²) < 4.78 is 0. The lowest BCUT2D eigenvalue weighted by molar-refractivity contribution is 0.302. The highest BCUT2D eigenvalue weighted by Gasteiger charge is 2.18. The van der Waals surface area contributed by atoms with E-state index < -0.39 is 0 Å². The maximum absolute atomic E-state index is 7.32. The van der Waals surface area contributed by atoms with Crippen molar-refractivity contribution in [1.82, 2.24) is 0 Å². The van der Waals surface area contributed by atoms with Crippen molar-refractivity contribution in [2.75, 3.05) is 0 Å². The zero-order valence-electron chi connectivity index (χ0n) is 12.2. The molecule has 0 bridgehead atoms. The van der Waals surface area contributed by atoms with E-state index in [0.717, 1.165) is 5.92 Å². The molecule has 0 amide bonds. The minimum atomic E-state index is 0.587. The van der Waals surface area contributed by atoms with Gasteiger partial charge in [0, 0.05) is 0 Å². The topological polar surface area (TPSA) is 23.9 Å². The van der Waals surface area contributed by atoms with Crippen LogP contribution in [0, 0.1) is 24.2 Å². The first-order chi connectivity index (χ1) is 9.28. The highest BCUT2D eigenvalue weighted by Crippen LogP contribution is 2.31. The monoisotopic (exact) mass is 257 g/mol. The summed E-state index contributed by atoms with van der Waals surface area (Å²) in [6, 6.07) is 8.91. The molecule has 1 aromatic carbocycles. The maximum Gasteiger partial charge on any atom is -0.00167 e. The summed E-state index contributed by atoms with van der Waals surface area (Å²) in [7, 11) is 0. The van der Waals surface area contributed by atoms with Crippen molar-refractivity contribution in [3.8, 4) is 0 Å². The van der Waals surface area contributed by atoms with E-state index in [4.69, 9.17) is 5.41 Å². The Hall–Kier alpha value is -1.11. The maximum atomic E-state index is 7.32. The molecule has 0 heterocycles. The molecular weight excluding hydrogens is 230 g/mol. The van der Waals surface area contributed by atoms with Gasteiger partial charge in [-0.1, -0.05) is 42.7 Å². The van der Waals surface area contributed by atoms with E-state index in [2.05, 4.69) is 31.2 Å². The smallest absolute Gasteiger partial charge is 0.00167 e.